The number of piperidine rings is 1. The molecule has 3 aliphatic heterocycles. The summed E-state index contributed by atoms with van der Waals surface area (Å²) in [7, 11) is 0. The summed E-state index contributed by atoms with van der Waals surface area (Å²) in [5, 5.41) is 9.68. The number of halogens is 1. The van der Waals surface area contributed by atoms with Gasteiger partial charge in [0, 0.05) is 37.5 Å². The molecule has 1 aliphatic carbocycles. The Morgan fingerprint density at radius 2 is 2.10 bits per heavy atom. The van der Waals surface area contributed by atoms with Crippen LogP contribution in [0.2, 0.25) is 0 Å². The first-order chi connectivity index (χ1) is 15.1. The molecule has 4 atom stereocenters. The van der Waals surface area contributed by atoms with Crippen LogP contribution >= 0.6 is 0 Å². The molecule has 1 saturated carbocycles. The Morgan fingerprint density at radius 1 is 1.19 bits per heavy atom. The largest absolute Gasteiger partial charge is 0.287 e. The van der Waals surface area contributed by atoms with Gasteiger partial charge in [-0.3, -0.25) is 19.6 Å². The van der Waals surface area contributed by atoms with E-state index in [1.54, 1.807) is 29.7 Å². The molecule has 4 unspecified atom stereocenters. The van der Waals surface area contributed by atoms with Crippen molar-refractivity contribution in [3.8, 4) is 0 Å². The van der Waals surface area contributed by atoms with Crippen molar-refractivity contribution >= 4 is 18.0 Å². The quantitative estimate of drug-likeness (QED) is 0.747. The smallest absolute Gasteiger partial charge is 0.273 e. The van der Waals surface area contributed by atoms with Gasteiger partial charge in [0.1, 0.15) is 17.8 Å². The zero-order valence-electron chi connectivity index (χ0n) is 16.6. The van der Waals surface area contributed by atoms with Crippen molar-refractivity contribution in [3.05, 3.63) is 54.1 Å². The van der Waals surface area contributed by atoms with Gasteiger partial charge < -0.3 is 0 Å². The van der Waals surface area contributed by atoms with Crippen LogP contribution in [0.1, 0.15) is 47.8 Å². The fraction of sp³-hybridized carbons (Fsp3) is 0.429. The Kier molecular flexibility index (Phi) is 3.95. The molecule has 3 fully saturated rings. The molecule has 2 aromatic rings. The zero-order valence-corrected chi connectivity index (χ0v) is 16.6. The molecular formula is C21H20FN7O2. The van der Waals surface area contributed by atoms with Gasteiger partial charge in [-0.05, 0) is 37.0 Å². The summed E-state index contributed by atoms with van der Waals surface area (Å²) in [6.45, 7) is 0.632. The van der Waals surface area contributed by atoms with Crippen molar-refractivity contribution in [2.24, 2.45) is 11.0 Å². The SMILES string of the molecule is O=C(C1CCN2N(C(=O)c3ccncn3)C3CC32C1)N1N=CCC1c1cncc(F)c1. The Balaban J connectivity index is 1.16. The lowest BCUT2D eigenvalue weighted by atomic mass is 9.86. The van der Waals surface area contributed by atoms with Crippen molar-refractivity contribution in [2.45, 2.75) is 43.3 Å². The number of rotatable bonds is 3. The van der Waals surface area contributed by atoms with Crippen LogP contribution in [-0.4, -0.2) is 66.1 Å². The number of hydrazine groups is 1. The van der Waals surface area contributed by atoms with E-state index in [9.17, 15) is 14.0 Å². The first-order valence-electron chi connectivity index (χ1n) is 10.4. The first kappa shape index (κ1) is 18.5. The molecule has 0 bridgehead atoms. The van der Waals surface area contributed by atoms with Gasteiger partial charge in [0.15, 0.2) is 0 Å². The maximum atomic E-state index is 13.6. The molecule has 4 aliphatic rings. The maximum absolute atomic E-state index is 13.6. The van der Waals surface area contributed by atoms with Crippen molar-refractivity contribution in [1.29, 1.82) is 0 Å². The number of carbonyl (C=O) groups excluding carboxylic acids is 2. The van der Waals surface area contributed by atoms with Crippen LogP contribution < -0.4 is 0 Å². The van der Waals surface area contributed by atoms with Gasteiger partial charge >= 0.3 is 0 Å². The van der Waals surface area contributed by atoms with Gasteiger partial charge in [-0.2, -0.15) is 5.10 Å². The summed E-state index contributed by atoms with van der Waals surface area (Å²) in [5.74, 6) is -0.749. The highest BCUT2D eigenvalue weighted by molar-refractivity contribution is 5.93. The molecule has 0 N–H and O–H groups in total. The highest BCUT2D eigenvalue weighted by Crippen LogP contribution is 2.62. The standard InChI is InChI=1S/C21H20FN7O2/c22-15-7-14(10-24-11-15)17-2-5-26-28(17)19(30)13-3-6-27-21(8-13)9-18(21)29(27)20(31)16-1-4-23-12-25-16/h1,4-5,7,10-13,17-18H,2-3,6,8-9H2. The van der Waals surface area contributed by atoms with Gasteiger partial charge in [-0.1, -0.05) is 0 Å². The van der Waals surface area contributed by atoms with Crippen LogP contribution in [0.3, 0.4) is 0 Å². The third-order valence-corrected chi connectivity index (χ3v) is 6.89. The van der Waals surface area contributed by atoms with E-state index in [-0.39, 0.29) is 35.4 Å². The van der Waals surface area contributed by atoms with Gasteiger partial charge in [-0.25, -0.2) is 24.4 Å². The van der Waals surface area contributed by atoms with Gasteiger partial charge in [-0.15, -0.1) is 0 Å². The lowest BCUT2D eigenvalue weighted by molar-refractivity contribution is -0.168. The fourth-order valence-corrected chi connectivity index (χ4v) is 5.35. The molecular weight excluding hydrogens is 401 g/mol. The number of hydrogen-bond acceptors (Lipinski definition) is 7. The van der Waals surface area contributed by atoms with Crippen molar-refractivity contribution < 1.29 is 14.0 Å². The third kappa shape index (κ3) is 2.71. The van der Waals surface area contributed by atoms with Crippen molar-refractivity contribution in [3.63, 3.8) is 0 Å². The number of aromatic nitrogens is 3. The molecule has 1 spiro atoms. The molecule has 158 valence electrons. The van der Waals surface area contributed by atoms with Crippen LogP contribution in [0.15, 0.2) is 42.2 Å². The predicted octanol–water partition coefficient (Wildman–Crippen LogP) is 1.56. The highest BCUT2D eigenvalue weighted by atomic mass is 19.1. The minimum atomic E-state index is -0.423. The van der Waals surface area contributed by atoms with Crippen molar-refractivity contribution in [2.75, 3.05) is 6.54 Å². The molecule has 2 saturated heterocycles. The van der Waals surface area contributed by atoms with Gasteiger partial charge in [0.2, 0.25) is 5.91 Å². The van der Waals surface area contributed by atoms with E-state index in [4.69, 9.17) is 0 Å². The molecule has 0 radical (unpaired) electrons. The molecule has 31 heavy (non-hydrogen) atoms. The van der Waals surface area contributed by atoms with E-state index in [1.807, 2.05) is 0 Å². The summed E-state index contributed by atoms with van der Waals surface area (Å²) in [6, 6.07) is 2.83. The second-order valence-corrected chi connectivity index (χ2v) is 8.55. The Bertz CT molecular complexity index is 1100. The minimum Gasteiger partial charge on any atom is -0.273 e. The first-order valence-corrected chi connectivity index (χ1v) is 10.4. The average molecular weight is 421 g/mol. The lowest BCUT2D eigenvalue weighted by Crippen LogP contribution is -2.69. The molecule has 10 heteroatoms. The fourth-order valence-electron chi connectivity index (χ4n) is 5.35. The zero-order chi connectivity index (χ0) is 21.2. The van der Waals surface area contributed by atoms with Gasteiger partial charge in [0.05, 0.1) is 23.8 Å². The van der Waals surface area contributed by atoms with Crippen LogP contribution in [0.5, 0.6) is 0 Å². The summed E-state index contributed by atoms with van der Waals surface area (Å²) in [6.07, 6.45) is 10.1. The van der Waals surface area contributed by atoms with E-state index in [0.717, 1.165) is 12.6 Å². The normalized spacial score (nSPS) is 31.1. The molecule has 0 aromatic carbocycles. The third-order valence-electron chi connectivity index (χ3n) is 6.89. The van der Waals surface area contributed by atoms with E-state index in [2.05, 4.69) is 25.1 Å². The summed E-state index contributed by atoms with van der Waals surface area (Å²) < 4.78 is 13.6. The number of nitrogens with zero attached hydrogens (tertiary/aromatic N) is 7. The minimum absolute atomic E-state index is 0.0386. The van der Waals surface area contributed by atoms with E-state index >= 15 is 0 Å². The van der Waals surface area contributed by atoms with Crippen LogP contribution in [0, 0.1) is 11.7 Å². The monoisotopic (exact) mass is 421 g/mol. The summed E-state index contributed by atoms with van der Waals surface area (Å²) >= 11 is 0. The average Bonchev–Trinajstić information content (AvgIpc) is 3.16. The molecule has 6 rings (SSSR count). The Hall–Kier alpha value is -3.27. The Labute approximate surface area is 177 Å². The topological polar surface area (TPSA) is 94.9 Å². The van der Waals surface area contributed by atoms with E-state index in [1.165, 1.54) is 17.4 Å². The summed E-state index contributed by atoms with van der Waals surface area (Å²) in [4.78, 5) is 38.0. The highest BCUT2D eigenvalue weighted by Gasteiger charge is 2.75. The van der Waals surface area contributed by atoms with Crippen LogP contribution in [0.25, 0.3) is 0 Å². The molecule has 2 amide bonds. The van der Waals surface area contributed by atoms with Crippen molar-refractivity contribution in [1.82, 2.24) is 30.0 Å². The lowest BCUT2D eigenvalue weighted by Gasteiger charge is -2.54. The number of hydrazone groups is 1. The summed E-state index contributed by atoms with van der Waals surface area (Å²) in [5.41, 5.74) is 0.920. The van der Waals surface area contributed by atoms with Gasteiger partial charge in [0.25, 0.3) is 5.91 Å². The molecule has 2 aromatic heterocycles. The number of carbonyl (C=O) groups is 2. The van der Waals surface area contributed by atoms with Crippen LogP contribution in [-0.2, 0) is 4.79 Å². The second kappa shape index (κ2) is 6.61. The molecule has 9 nitrogen and oxygen atoms in total. The second-order valence-electron chi connectivity index (χ2n) is 8.55. The maximum Gasteiger partial charge on any atom is 0.287 e. The molecule has 5 heterocycles. The number of hydrogen-bond donors (Lipinski definition) is 0. The predicted molar refractivity (Wildman–Crippen MR) is 106 cm³/mol. The number of pyridine rings is 1. The Morgan fingerprint density at radius 3 is 2.90 bits per heavy atom. The van der Waals surface area contributed by atoms with E-state index in [0.29, 0.717) is 37.1 Å². The van der Waals surface area contributed by atoms with Crippen LogP contribution in [0.4, 0.5) is 4.39 Å². The number of amides is 2. The van der Waals surface area contributed by atoms with E-state index < -0.39 is 5.82 Å².